The van der Waals surface area contributed by atoms with Gasteiger partial charge in [-0.3, -0.25) is 14.4 Å². The number of carbonyl (C=O) groups excluding carboxylic acids is 4. The molecule has 1 aromatic rings. The summed E-state index contributed by atoms with van der Waals surface area (Å²) < 4.78 is 19.1. The average molecular weight is 381 g/mol. The van der Waals surface area contributed by atoms with E-state index < -0.39 is 42.2 Å². The molecule has 9 heteroatoms. The number of methoxy groups -OCH3 is 3. The highest BCUT2D eigenvalue weighted by Crippen LogP contribution is 2.14. The summed E-state index contributed by atoms with van der Waals surface area (Å²) in [6.07, 6.45) is -0.464. The van der Waals surface area contributed by atoms with Crippen LogP contribution in [0.1, 0.15) is 12.0 Å². The number of carbonyl (C=O) groups is 4. The highest BCUT2D eigenvalue weighted by molar-refractivity contribution is 5.91. The zero-order chi connectivity index (χ0) is 20.2. The molecule has 0 fully saturated rings. The maximum absolute atomic E-state index is 12.1. The van der Waals surface area contributed by atoms with E-state index >= 15 is 0 Å². The third-order valence-corrected chi connectivity index (χ3v) is 3.64. The lowest BCUT2D eigenvalue weighted by molar-refractivity contribution is -0.159. The number of rotatable bonds is 10. The van der Waals surface area contributed by atoms with Gasteiger partial charge in [0.1, 0.15) is 12.6 Å². The van der Waals surface area contributed by atoms with Gasteiger partial charge in [-0.05, 0) is 5.56 Å². The van der Waals surface area contributed by atoms with Crippen molar-refractivity contribution in [2.45, 2.75) is 19.1 Å². The second-order valence-electron chi connectivity index (χ2n) is 5.46. The maximum atomic E-state index is 12.1. The Bertz CT molecular complexity index is 646. The molecule has 0 heterocycles. The van der Waals surface area contributed by atoms with E-state index in [0.717, 1.165) is 26.9 Å². The molecule has 9 nitrogen and oxygen atoms in total. The van der Waals surface area contributed by atoms with E-state index in [1.54, 1.807) is 0 Å². The lowest BCUT2D eigenvalue weighted by Gasteiger charge is -2.23. The largest absolute Gasteiger partial charge is 0.469 e. The first kappa shape index (κ1) is 22.1. The third kappa shape index (κ3) is 7.45. The quantitative estimate of drug-likeness (QED) is 0.452. The van der Waals surface area contributed by atoms with Gasteiger partial charge in [-0.1, -0.05) is 30.3 Å². The van der Waals surface area contributed by atoms with E-state index in [-0.39, 0.29) is 13.2 Å². The lowest BCUT2D eigenvalue weighted by atomic mass is 9.96. The zero-order valence-electron chi connectivity index (χ0n) is 15.4. The van der Waals surface area contributed by atoms with Gasteiger partial charge in [0.15, 0.2) is 0 Å². The van der Waals surface area contributed by atoms with Crippen molar-refractivity contribution in [2.75, 3.05) is 27.9 Å². The van der Waals surface area contributed by atoms with Crippen molar-refractivity contribution in [1.82, 2.24) is 5.32 Å². The van der Waals surface area contributed by atoms with E-state index in [2.05, 4.69) is 19.5 Å². The number of hydrogen-bond donors (Lipinski definition) is 1. The van der Waals surface area contributed by atoms with Crippen molar-refractivity contribution in [3.8, 4) is 0 Å². The van der Waals surface area contributed by atoms with Crippen molar-refractivity contribution in [1.29, 1.82) is 0 Å². The Morgan fingerprint density at radius 3 is 2.11 bits per heavy atom. The van der Waals surface area contributed by atoms with Gasteiger partial charge in [-0.25, -0.2) is 4.79 Å². The fraction of sp³-hybridized carbons (Fsp3) is 0.444. The second kappa shape index (κ2) is 11.6. The molecule has 2 atom stereocenters. The van der Waals surface area contributed by atoms with Crippen LogP contribution in [-0.4, -0.2) is 57.8 Å². The third-order valence-electron chi connectivity index (χ3n) is 3.64. The summed E-state index contributed by atoms with van der Waals surface area (Å²) in [6, 6.07) is 7.76. The molecular weight excluding hydrogens is 358 g/mol. The normalized spacial score (nSPS) is 12.4. The summed E-state index contributed by atoms with van der Waals surface area (Å²) in [7, 11) is 3.34. The van der Waals surface area contributed by atoms with Gasteiger partial charge < -0.3 is 24.3 Å². The Morgan fingerprint density at radius 1 is 0.926 bits per heavy atom. The number of esters is 3. The molecule has 148 valence electrons. The van der Waals surface area contributed by atoms with Crippen molar-refractivity contribution in [3.63, 3.8) is 0 Å². The molecule has 0 spiro atoms. The Labute approximate surface area is 156 Å². The second-order valence-corrected chi connectivity index (χ2v) is 5.46. The van der Waals surface area contributed by atoms with Crippen LogP contribution in [0.2, 0.25) is 0 Å². The van der Waals surface area contributed by atoms with Crippen LogP contribution >= 0.6 is 0 Å². The van der Waals surface area contributed by atoms with Crippen LogP contribution in [0.3, 0.4) is 0 Å². The summed E-state index contributed by atoms with van der Waals surface area (Å²) in [5.41, 5.74) is 0.868. The first-order chi connectivity index (χ1) is 12.9. The topological polar surface area (TPSA) is 117 Å². The molecule has 1 aromatic carbocycles. The molecule has 0 bridgehead atoms. The standard InChI is InChI=1S/C18H23NO8/c1-24-15(21)9-13(17(22)25-2)16(18(23)26-3)19-14(20)11-27-10-12-7-5-4-6-8-12/h4-8,13,16H,9-11H2,1-3H3,(H,19,20)/t13-,16-/m1/s1. The minimum absolute atomic E-state index is 0.194. The van der Waals surface area contributed by atoms with Crippen molar-refractivity contribution in [3.05, 3.63) is 35.9 Å². The Hall–Kier alpha value is -2.94. The Kier molecular flexibility index (Phi) is 9.52. The minimum Gasteiger partial charge on any atom is -0.469 e. The predicted molar refractivity (Wildman–Crippen MR) is 92.2 cm³/mol. The first-order valence-electron chi connectivity index (χ1n) is 8.06. The summed E-state index contributed by atoms with van der Waals surface area (Å²) in [4.78, 5) is 47.7. The van der Waals surface area contributed by atoms with Crippen molar-refractivity contribution >= 4 is 23.8 Å². The average Bonchev–Trinajstić information content (AvgIpc) is 2.69. The van der Waals surface area contributed by atoms with Crippen LogP contribution < -0.4 is 5.32 Å². The van der Waals surface area contributed by atoms with Gasteiger partial charge in [0.05, 0.1) is 40.3 Å². The van der Waals surface area contributed by atoms with E-state index in [9.17, 15) is 19.2 Å². The monoisotopic (exact) mass is 381 g/mol. The first-order valence-corrected chi connectivity index (χ1v) is 8.06. The smallest absolute Gasteiger partial charge is 0.329 e. The van der Waals surface area contributed by atoms with Crippen LogP contribution in [0.5, 0.6) is 0 Å². The van der Waals surface area contributed by atoms with Gasteiger partial charge in [-0.2, -0.15) is 0 Å². The van der Waals surface area contributed by atoms with E-state index in [0.29, 0.717) is 0 Å². The number of nitrogens with one attached hydrogen (secondary N) is 1. The van der Waals surface area contributed by atoms with Gasteiger partial charge >= 0.3 is 17.9 Å². The van der Waals surface area contributed by atoms with Crippen LogP contribution in [-0.2, 0) is 44.7 Å². The summed E-state index contributed by atoms with van der Waals surface area (Å²) in [5, 5.41) is 2.35. The van der Waals surface area contributed by atoms with Gasteiger partial charge in [0, 0.05) is 0 Å². The van der Waals surface area contributed by atoms with Gasteiger partial charge in [0.2, 0.25) is 5.91 Å². The molecule has 1 N–H and O–H groups in total. The van der Waals surface area contributed by atoms with E-state index in [1.165, 1.54) is 0 Å². The van der Waals surface area contributed by atoms with Crippen LogP contribution in [0.25, 0.3) is 0 Å². The number of benzene rings is 1. The molecule has 1 amide bonds. The molecular formula is C18H23NO8. The molecule has 0 saturated heterocycles. The fourth-order valence-electron chi connectivity index (χ4n) is 2.25. The van der Waals surface area contributed by atoms with Crippen LogP contribution in [0, 0.1) is 5.92 Å². The number of amides is 1. The predicted octanol–water partition coefficient (Wildman–Crippen LogP) is 0.213. The lowest BCUT2D eigenvalue weighted by Crippen LogP contribution is -2.51. The SMILES string of the molecule is COC(=O)C[C@@H](C(=O)OC)[C@@H](NC(=O)COCc1ccccc1)C(=O)OC. The highest BCUT2D eigenvalue weighted by Gasteiger charge is 2.38. The Balaban J connectivity index is 2.75. The molecule has 0 aromatic heterocycles. The summed E-state index contributed by atoms with van der Waals surface area (Å²) in [6.45, 7) is -0.158. The number of hydrogen-bond acceptors (Lipinski definition) is 8. The van der Waals surface area contributed by atoms with Gasteiger partial charge in [0.25, 0.3) is 0 Å². The molecule has 0 saturated carbocycles. The Morgan fingerprint density at radius 2 is 1.56 bits per heavy atom. The fourth-order valence-corrected chi connectivity index (χ4v) is 2.25. The van der Waals surface area contributed by atoms with E-state index in [1.807, 2.05) is 30.3 Å². The van der Waals surface area contributed by atoms with Crippen LogP contribution in [0.4, 0.5) is 0 Å². The molecule has 0 radical (unpaired) electrons. The van der Waals surface area contributed by atoms with Crippen LogP contribution in [0.15, 0.2) is 30.3 Å². The molecule has 27 heavy (non-hydrogen) atoms. The molecule has 0 aliphatic heterocycles. The molecule has 0 aliphatic carbocycles. The summed E-state index contributed by atoms with van der Waals surface area (Å²) >= 11 is 0. The maximum Gasteiger partial charge on any atom is 0.329 e. The van der Waals surface area contributed by atoms with Crippen molar-refractivity contribution in [2.24, 2.45) is 5.92 Å². The van der Waals surface area contributed by atoms with Crippen molar-refractivity contribution < 1.29 is 38.1 Å². The highest BCUT2D eigenvalue weighted by atomic mass is 16.5. The van der Waals surface area contributed by atoms with E-state index in [4.69, 9.17) is 4.74 Å². The summed E-state index contributed by atoms with van der Waals surface area (Å²) in [5.74, 6) is -4.45. The van der Waals surface area contributed by atoms with Gasteiger partial charge in [-0.15, -0.1) is 0 Å². The zero-order valence-corrected chi connectivity index (χ0v) is 15.4. The number of ether oxygens (including phenoxy) is 4. The minimum atomic E-state index is -1.42. The molecule has 1 rings (SSSR count). The molecule has 0 unspecified atom stereocenters. The molecule has 0 aliphatic rings.